The molecule has 2 aromatic rings. The summed E-state index contributed by atoms with van der Waals surface area (Å²) in [5.41, 5.74) is 0.856. The van der Waals surface area contributed by atoms with Crippen LogP contribution in [0.25, 0.3) is 0 Å². The molecule has 0 spiro atoms. The normalized spacial score (nSPS) is 9.85. The number of anilines is 2. The van der Waals surface area contributed by atoms with E-state index in [1.54, 1.807) is 12.1 Å². The summed E-state index contributed by atoms with van der Waals surface area (Å²) in [5.74, 6) is -0.888. The first-order chi connectivity index (χ1) is 9.49. The SMILES string of the molecule is N#Cc1ccc(Cl)c(Nc2cc(C(=O)O)cc(Cl)n2)c1. The molecule has 0 saturated carbocycles. The number of benzene rings is 1. The third-order valence-corrected chi connectivity index (χ3v) is 2.92. The van der Waals surface area contributed by atoms with E-state index in [-0.39, 0.29) is 16.5 Å². The molecule has 1 aromatic heterocycles. The number of aromatic nitrogens is 1. The fourth-order valence-electron chi connectivity index (χ4n) is 1.51. The summed E-state index contributed by atoms with van der Waals surface area (Å²) >= 11 is 11.8. The van der Waals surface area contributed by atoms with Crippen LogP contribution in [0.3, 0.4) is 0 Å². The molecule has 0 radical (unpaired) electrons. The Morgan fingerprint density at radius 1 is 1.30 bits per heavy atom. The summed E-state index contributed by atoms with van der Waals surface area (Å²) in [6, 6.07) is 9.21. The fraction of sp³-hybridized carbons (Fsp3) is 0. The molecule has 0 saturated heterocycles. The predicted molar refractivity (Wildman–Crippen MR) is 75.7 cm³/mol. The fourth-order valence-corrected chi connectivity index (χ4v) is 1.89. The van der Waals surface area contributed by atoms with Crippen LogP contribution >= 0.6 is 23.2 Å². The molecule has 0 bridgehead atoms. The van der Waals surface area contributed by atoms with Gasteiger partial charge in [0.05, 0.1) is 27.9 Å². The molecule has 1 aromatic carbocycles. The molecule has 20 heavy (non-hydrogen) atoms. The molecule has 0 aliphatic heterocycles. The number of nitrogens with one attached hydrogen (secondary N) is 1. The van der Waals surface area contributed by atoms with E-state index in [2.05, 4.69) is 10.3 Å². The van der Waals surface area contributed by atoms with E-state index in [1.807, 2.05) is 6.07 Å². The van der Waals surface area contributed by atoms with Gasteiger partial charge in [0.15, 0.2) is 0 Å². The van der Waals surface area contributed by atoms with Gasteiger partial charge in [0, 0.05) is 0 Å². The Kier molecular flexibility index (Phi) is 4.08. The summed E-state index contributed by atoms with van der Waals surface area (Å²) in [6.07, 6.45) is 0. The van der Waals surface area contributed by atoms with Crippen LogP contribution in [0.2, 0.25) is 10.2 Å². The average Bonchev–Trinajstić information content (AvgIpc) is 2.40. The van der Waals surface area contributed by atoms with Gasteiger partial charge in [-0.05, 0) is 30.3 Å². The van der Waals surface area contributed by atoms with Crippen LogP contribution in [-0.2, 0) is 0 Å². The Balaban J connectivity index is 2.40. The largest absolute Gasteiger partial charge is 0.478 e. The van der Waals surface area contributed by atoms with Crippen molar-refractivity contribution >= 4 is 40.7 Å². The lowest BCUT2D eigenvalue weighted by Crippen LogP contribution is -2.01. The lowest BCUT2D eigenvalue weighted by molar-refractivity contribution is 0.0697. The Morgan fingerprint density at radius 2 is 2.05 bits per heavy atom. The summed E-state index contributed by atoms with van der Waals surface area (Å²) < 4.78 is 0. The first-order valence-corrected chi connectivity index (χ1v) is 6.13. The van der Waals surface area contributed by atoms with Gasteiger partial charge in [0.2, 0.25) is 0 Å². The monoisotopic (exact) mass is 307 g/mol. The minimum Gasteiger partial charge on any atom is -0.478 e. The molecule has 2 rings (SSSR count). The summed E-state index contributed by atoms with van der Waals surface area (Å²) in [4.78, 5) is 14.9. The zero-order valence-electron chi connectivity index (χ0n) is 9.89. The number of hydrogen-bond acceptors (Lipinski definition) is 4. The van der Waals surface area contributed by atoms with Crippen LogP contribution in [0.5, 0.6) is 0 Å². The lowest BCUT2D eigenvalue weighted by atomic mass is 10.2. The maximum absolute atomic E-state index is 10.9. The molecule has 0 aliphatic rings. The minimum absolute atomic E-state index is 0.0000558. The van der Waals surface area contributed by atoms with Gasteiger partial charge in [-0.2, -0.15) is 5.26 Å². The summed E-state index contributed by atoms with van der Waals surface area (Å²) in [5, 5.41) is 21.1. The number of nitrogens with zero attached hydrogens (tertiary/aromatic N) is 2. The van der Waals surface area contributed by atoms with Crippen molar-refractivity contribution in [2.45, 2.75) is 0 Å². The van der Waals surface area contributed by atoms with E-state index in [1.165, 1.54) is 18.2 Å². The number of halogens is 2. The van der Waals surface area contributed by atoms with Crippen molar-refractivity contribution in [3.05, 3.63) is 51.6 Å². The van der Waals surface area contributed by atoms with Crippen molar-refractivity contribution in [1.29, 1.82) is 5.26 Å². The highest BCUT2D eigenvalue weighted by Gasteiger charge is 2.09. The number of carboxylic acid groups (broad SMARTS) is 1. The molecule has 7 heteroatoms. The number of rotatable bonds is 3. The molecule has 0 amide bonds. The molecular formula is C13H7Cl2N3O2. The summed E-state index contributed by atoms with van der Waals surface area (Å²) in [7, 11) is 0. The van der Waals surface area contributed by atoms with E-state index in [0.29, 0.717) is 16.3 Å². The number of hydrogen-bond donors (Lipinski definition) is 2. The van der Waals surface area contributed by atoms with Crippen molar-refractivity contribution < 1.29 is 9.90 Å². The highest BCUT2D eigenvalue weighted by atomic mass is 35.5. The standard InChI is InChI=1S/C13H7Cl2N3O2/c14-9-2-1-7(6-16)3-10(9)17-12-5-8(13(19)20)4-11(15)18-12/h1-5H,(H,17,18)(H,19,20). The molecule has 0 fully saturated rings. The highest BCUT2D eigenvalue weighted by molar-refractivity contribution is 6.33. The van der Waals surface area contributed by atoms with Crippen LogP contribution in [-0.4, -0.2) is 16.1 Å². The van der Waals surface area contributed by atoms with Crippen molar-refractivity contribution in [3.8, 4) is 6.07 Å². The van der Waals surface area contributed by atoms with E-state index in [9.17, 15) is 4.79 Å². The first kappa shape index (κ1) is 14.1. The summed E-state index contributed by atoms with van der Waals surface area (Å²) in [6.45, 7) is 0. The molecule has 0 unspecified atom stereocenters. The van der Waals surface area contributed by atoms with E-state index >= 15 is 0 Å². The molecule has 5 nitrogen and oxygen atoms in total. The second kappa shape index (κ2) is 5.78. The quantitative estimate of drug-likeness (QED) is 0.844. The van der Waals surface area contributed by atoms with E-state index < -0.39 is 5.97 Å². The van der Waals surface area contributed by atoms with E-state index in [0.717, 1.165) is 0 Å². The van der Waals surface area contributed by atoms with Crippen LogP contribution in [0, 0.1) is 11.3 Å². The molecule has 0 aliphatic carbocycles. The van der Waals surface area contributed by atoms with Crippen molar-refractivity contribution in [2.75, 3.05) is 5.32 Å². The van der Waals surface area contributed by atoms with Crippen LogP contribution in [0.15, 0.2) is 30.3 Å². The molecular weight excluding hydrogens is 301 g/mol. The topological polar surface area (TPSA) is 86.0 Å². The second-order valence-electron chi connectivity index (χ2n) is 3.80. The smallest absolute Gasteiger partial charge is 0.335 e. The number of nitriles is 1. The number of pyridine rings is 1. The third kappa shape index (κ3) is 3.18. The molecule has 1 heterocycles. The first-order valence-electron chi connectivity index (χ1n) is 5.37. The Hall–Kier alpha value is -2.29. The Labute approximate surface area is 124 Å². The van der Waals surface area contributed by atoms with Gasteiger partial charge >= 0.3 is 5.97 Å². The van der Waals surface area contributed by atoms with Gasteiger partial charge in [-0.25, -0.2) is 9.78 Å². The third-order valence-electron chi connectivity index (χ3n) is 2.40. The van der Waals surface area contributed by atoms with Gasteiger partial charge in [-0.1, -0.05) is 23.2 Å². The number of carboxylic acids is 1. The van der Waals surface area contributed by atoms with Crippen molar-refractivity contribution in [1.82, 2.24) is 4.98 Å². The lowest BCUT2D eigenvalue weighted by Gasteiger charge is -2.09. The average molecular weight is 308 g/mol. The highest BCUT2D eigenvalue weighted by Crippen LogP contribution is 2.26. The Bertz CT molecular complexity index is 726. The molecule has 100 valence electrons. The zero-order valence-corrected chi connectivity index (χ0v) is 11.4. The van der Waals surface area contributed by atoms with Gasteiger partial charge in [-0.15, -0.1) is 0 Å². The van der Waals surface area contributed by atoms with Gasteiger partial charge < -0.3 is 10.4 Å². The predicted octanol–water partition coefficient (Wildman–Crippen LogP) is 3.70. The van der Waals surface area contributed by atoms with E-state index in [4.69, 9.17) is 33.6 Å². The van der Waals surface area contributed by atoms with Crippen LogP contribution in [0.4, 0.5) is 11.5 Å². The maximum atomic E-state index is 10.9. The van der Waals surface area contributed by atoms with Gasteiger partial charge in [-0.3, -0.25) is 0 Å². The maximum Gasteiger partial charge on any atom is 0.335 e. The molecule has 2 N–H and O–H groups in total. The van der Waals surface area contributed by atoms with Gasteiger partial charge in [0.1, 0.15) is 11.0 Å². The second-order valence-corrected chi connectivity index (χ2v) is 4.59. The zero-order chi connectivity index (χ0) is 14.7. The Morgan fingerprint density at radius 3 is 2.70 bits per heavy atom. The number of aromatic carboxylic acids is 1. The number of carbonyl (C=O) groups is 1. The van der Waals surface area contributed by atoms with Crippen LogP contribution < -0.4 is 5.32 Å². The molecule has 0 atom stereocenters. The minimum atomic E-state index is -1.12. The van der Waals surface area contributed by atoms with Crippen molar-refractivity contribution in [2.24, 2.45) is 0 Å². The van der Waals surface area contributed by atoms with Crippen molar-refractivity contribution in [3.63, 3.8) is 0 Å². The van der Waals surface area contributed by atoms with Crippen LogP contribution in [0.1, 0.15) is 15.9 Å². The van der Waals surface area contributed by atoms with Gasteiger partial charge in [0.25, 0.3) is 0 Å².